The van der Waals surface area contributed by atoms with E-state index in [0.717, 1.165) is 16.4 Å². The van der Waals surface area contributed by atoms with E-state index in [-0.39, 0.29) is 12.5 Å². The van der Waals surface area contributed by atoms with Crippen molar-refractivity contribution >= 4 is 17.2 Å². The standard InChI is InChI=1S/C19H19NO4S/c1-22-15-6-8-16(9-7-15)24-14-19(21)20(12-17-4-2-10-23-17)13-18-5-3-11-25-18/h2-11H,12-14H2,1H3. The number of furan rings is 1. The number of amides is 1. The summed E-state index contributed by atoms with van der Waals surface area (Å²) in [4.78, 5) is 15.5. The molecule has 0 aliphatic heterocycles. The van der Waals surface area contributed by atoms with Gasteiger partial charge in [-0.2, -0.15) is 0 Å². The van der Waals surface area contributed by atoms with Gasteiger partial charge < -0.3 is 18.8 Å². The molecule has 1 aromatic carbocycles. The molecule has 0 radical (unpaired) electrons. The zero-order chi connectivity index (χ0) is 17.5. The summed E-state index contributed by atoms with van der Waals surface area (Å²) >= 11 is 1.62. The molecule has 130 valence electrons. The number of ether oxygens (including phenoxy) is 2. The van der Waals surface area contributed by atoms with Crippen molar-refractivity contribution in [3.05, 3.63) is 70.8 Å². The monoisotopic (exact) mass is 357 g/mol. The zero-order valence-corrected chi connectivity index (χ0v) is 14.7. The molecule has 3 rings (SSSR count). The molecule has 0 N–H and O–H groups in total. The molecule has 1 amide bonds. The lowest BCUT2D eigenvalue weighted by molar-refractivity contribution is -0.134. The summed E-state index contributed by atoms with van der Waals surface area (Å²) in [5, 5.41) is 2.00. The van der Waals surface area contributed by atoms with E-state index in [1.165, 1.54) is 0 Å². The molecule has 0 spiro atoms. The van der Waals surface area contributed by atoms with Crippen molar-refractivity contribution in [2.45, 2.75) is 13.1 Å². The molecule has 0 bridgehead atoms. The Kier molecular flexibility index (Phi) is 5.74. The minimum Gasteiger partial charge on any atom is -0.497 e. The van der Waals surface area contributed by atoms with Gasteiger partial charge in [0.1, 0.15) is 17.3 Å². The van der Waals surface area contributed by atoms with Crippen LogP contribution in [0.3, 0.4) is 0 Å². The molecule has 0 saturated carbocycles. The van der Waals surface area contributed by atoms with Crippen LogP contribution in [0.4, 0.5) is 0 Å². The number of carbonyl (C=O) groups is 1. The molecule has 5 nitrogen and oxygen atoms in total. The average Bonchev–Trinajstić information content (AvgIpc) is 3.33. The first kappa shape index (κ1) is 17.1. The fourth-order valence-corrected chi connectivity index (χ4v) is 3.04. The number of hydrogen-bond donors (Lipinski definition) is 0. The Morgan fingerprint density at radius 2 is 1.88 bits per heavy atom. The van der Waals surface area contributed by atoms with Gasteiger partial charge in [0, 0.05) is 4.88 Å². The Balaban J connectivity index is 1.62. The van der Waals surface area contributed by atoms with E-state index < -0.39 is 0 Å². The first-order chi connectivity index (χ1) is 12.2. The predicted octanol–water partition coefficient (Wildman–Crippen LogP) is 3.96. The van der Waals surface area contributed by atoms with E-state index in [1.54, 1.807) is 53.9 Å². The summed E-state index contributed by atoms with van der Waals surface area (Å²) in [7, 11) is 1.61. The lowest BCUT2D eigenvalue weighted by atomic mass is 10.3. The molecule has 0 fully saturated rings. The maximum Gasteiger partial charge on any atom is 0.261 e. The fraction of sp³-hybridized carbons (Fsp3) is 0.211. The summed E-state index contributed by atoms with van der Waals surface area (Å²) < 4.78 is 16.1. The highest BCUT2D eigenvalue weighted by molar-refractivity contribution is 7.09. The van der Waals surface area contributed by atoms with Crippen molar-refractivity contribution in [2.24, 2.45) is 0 Å². The number of methoxy groups -OCH3 is 1. The molecule has 0 saturated heterocycles. The van der Waals surface area contributed by atoms with Crippen LogP contribution >= 0.6 is 11.3 Å². The van der Waals surface area contributed by atoms with E-state index >= 15 is 0 Å². The topological polar surface area (TPSA) is 51.9 Å². The summed E-state index contributed by atoms with van der Waals surface area (Å²) in [5.41, 5.74) is 0. The van der Waals surface area contributed by atoms with Crippen LogP contribution in [0.1, 0.15) is 10.6 Å². The average molecular weight is 357 g/mol. The van der Waals surface area contributed by atoms with E-state index in [4.69, 9.17) is 13.9 Å². The molecule has 0 aliphatic carbocycles. The summed E-state index contributed by atoms with van der Waals surface area (Å²) in [6.07, 6.45) is 1.61. The SMILES string of the molecule is COc1ccc(OCC(=O)N(Cc2ccco2)Cc2cccs2)cc1. The van der Waals surface area contributed by atoms with E-state index in [0.29, 0.717) is 18.8 Å². The number of thiophene rings is 1. The Labute approximate surface area is 150 Å². The minimum absolute atomic E-state index is 0.0294. The van der Waals surface area contributed by atoms with Crippen LogP contribution in [0, 0.1) is 0 Å². The number of benzene rings is 1. The summed E-state index contributed by atoms with van der Waals surface area (Å²) in [6.45, 7) is 0.914. The van der Waals surface area contributed by atoms with Crippen LogP contribution in [-0.2, 0) is 17.9 Å². The predicted molar refractivity (Wildman–Crippen MR) is 95.8 cm³/mol. The summed E-state index contributed by atoms with van der Waals surface area (Å²) in [5.74, 6) is 2.02. The maximum absolute atomic E-state index is 12.6. The molecule has 2 aromatic heterocycles. The van der Waals surface area contributed by atoms with Crippen LogP contribution in [0.5, 0.6) is 11.5 Å². The fourth-order valence-electron chi connectivity index (χ4n) is 2.32. The zero-order valence-electron chi connectivity index (χ0n) is 13.9. The Morgan fingerprint density at radius 1 is 1.08 bits per heavy atom. The van der Waals surface area contributed by atoms with Gasteiger partial charge in [-0.3, -0.25) is 4.79 Å². The second-order valence-corrected chi connectivity index (χ2v) is 6.40. The van der Waals surface area contributed by atoms with Crippen molar-refractivity contribution in [3.63, 3.8) is 0 Å². The molecule has 0 unspecified atom stereocenters. The molecular weight excluding hydrogens is 338 g/mol. The van der Waals surface area contributed by atoms with E-state index in [2.05, 4.69) is 0 Å². The largest absolute Gasteiger partial charge is 0.497 e. The molecule has 0 atom stereocenters. The summed E-state index contributed by atoms with van der Waals surface area (Å²) in [6, 6.07) is 14.8. The highest BCUT2D eigenvalue weighted by Crippen LogP contribution is 2.18. The normalized spacial score (nSPS) is 10.4. The quantitative estimate of drug-likeness (QED) is 0.612. The molecule has 6 heteroatoms. The van der Waals surface area contributed by atoms with Gasteiger partial charge in [-0.25, -0.2) is 0 Å². The van der Waals surface area contributed by atoms with Crippen LogP contribution in [0.2, 0.25) is 0 Å². The van der Waals surface area contributed by atoms with Gasteiger partial charge in [0.15, 0.2) is 6.61 Å². The first-order valence-corrected chi connectivity index (χ1v) is 8.72. The Hall–Kier alpha value is -2.73. The molecule has 0 aliphatic rings. The van der Waals surface area contributed by atoms with Gasteiger partial charge in [0.2, 0.25) is 0 Å². The van der Waals surface area contributed by atoms with Crippen LogP contribution < -0.4 is 9.47 Å². The van der Waals surface area contributed by atoms with Crippen molar-refractivity contribution in [2.75, 3.05) is 13.7 Å². The van der Waals surface area contributed by atoms with Crippen LogP contribution in [-0.4, -0.2) is 24.5 Å². The first-order valence-electron chi connectivity index (χ1n) is 7.84. The van der Waals surface area contributed by atoms with E-state index in [9.17, 15) is 4.79 Å². The second kappa shape index (κ2) is 8.39. The van der Waals surface area contributed by atoms with Crippen molar-refractivity contribution in [3.8, 4) is 11.5 Å². The van der Waals surface area contributed by atoms with Gasteiger partial charge in [-0.1, -0.05) is 6.07 Å². The Bertz CT molecular complexity index is 730. The van der Waals surface area contributed by atoms with Gasteiger partial charge in [0.05, 0.1) is 26.5 Å². The van der Waals surface area contributed by atoms with Crippen molar-refractivity contribution in [1.82, 2.24) is 4.90 Å². The lowest BCUT2D eigenvalue weighted by Crippen LogP contribution is -2.33. The molecule has 3 aromatic rings. The van der Waals surface area contributed by atoms with Crippen molar-refractivity contribution < 1.29 is 18.7 Å². The third kappa shape index (κ3) is 4.87. The highest BCUT2D eigenvalue weighted by atomic mass is 32.1. The minimum atomic E-state index is -0.0966. The lowest BCUT2D eigenvalue weighted by Gasteiger charge is -2.21. The Morgan fingerprint density at radius 3 is 2.52 bits per heavy atom. The second-order valence-electron chi connectivity index (χ2n) is 5.37. The molecule has 25 heavy (non-hydrogen) atoms. The third-order valence-corrected chi connectivity index (χ3v) is 4.49. The van der Waals surface area contributed by atoms with Crippen molar-refractivity contribution in [1.29, 1.82) is 0 Å². The van der Waals surface area contributed by atoms with Gasteiger partial charge in [-0.05, 0) is 47.8 Å². The third-order valence-electron chi connectivity index (χ3n) is 3.63. The van der Waals surface area contributed by atoms with Crippen LogP contribution in [0.25, 0.3) is 0 Å². The highest BCUT2D eigenvalue weighted by Gasteiger charge is 2.17. The van der Waals surface area contributed by atoms with Gasteiger partial charge >= 0.3 is 0 Å². The number of rotatable bonds is 8. The van der Waals surface area contributed by atoms with Gasteiger partial charge in [0.25, 0.3) is 5.91 Å². The number of nitrogens with zero attached hydrogens (tertiary/aromatic N) is 1. The molecule has 2 heterocycles. The number of hydrogen-bond acceptors (Lipinski definition) is 5. The van der Waals surface area contributed by atoms with Gasteiger partial charge in [-0.15, -0.1) is 11.3 Å². The van der Waals surface area contributed by atoms with E-state index in [1.807, 2.05) is 29.6 Å². The molecular formula is C19H19NO4S. The smallest absolute Gasteiger partial charge is 0.261 e. The maximum atomic E-state index is 12.6. The van der Waals surface area contributed by atoms with Crippen LogP contribution in [0.15, 0.2) is 64.6 Å². The number of carbonyl (C=O) groups excluding carboxylic acids is 1.